The number of ketones is 2. The second-order valence-corrected chi connectivity index (χ2v) is 11.6. The van der Waals surface area contributed by atoms with Crippen LogP contribution in [0.15, 0.2) is 53.0 Å². The van der Waals surface area contributed by atoms with Crippen molar-refractivity contribution in [2.24, 2.45) is 17.6 Å². The summed E-state index contributed by atoms with van der Waals surface area (Å²) in [6, 6.07) is 4.64. The summed E-state index contributed by atoms with van der Waals surface area (Å²) in [6.07, 6.45) is 0.0147. The van der Waals surface area contributed by atoms with Crippen LogP contribution >= 0.6 is 0 Å². The van der Waals surface area contributed by atoms with Crippen molar-refractivity contribution >= 4 is 40.6 Å². The Labute approximate surface area is 251 Å². The maximum absolute atomic E-state index is 14.1. The van der Waals surface area contributed by atoms with Crippen molar-refractivity contribution in [3.8, 4) is 5.75 Å². The maximum Gasteiger partial charge on any atom is 0.323 e. The molecule has 2 aromatic rings. The van der Waals surface area contributed by atoms with Crippen LogP contribution in [-0.2, 0) is 16.0 Å². The Morgan fingerprint density at radius 3 is 2.34 bits per heavy atom. The van der Waals surface area contributed by atoms with Crippen LogP contribution in [0.25, 0.3) is 0 Å². The molecule has 0 radical (unpaired) electrons. The van der Waals surface area contributed by atoms with Crippen molar-refractivity contribution in [1.82, 2.24) is 4.90 Å². The molecule has 8 N–H and O–H groups in total. The largest absolute Gasteiger partial charge is 0.510 e. The fraction of sp³-hybridized carbons (Fsp3) is 0.333. The first-order chi connectivity index (χ1) is 20.6. The number of hydrogen-bond acceptors (Lipinski definition) is 10. The second-order valence-electron chi connectivity index (χ2n) is 11.6. The molecule has 4 atom stereocenters. The van der Waals surface area contributed by atoms with E-state index in [1.54, 1.807) is 33.1 Å². The molecule has 3 amide bonds. The Morgan fingerprint density at radius 2 is 1.75 bits per heavy atom. The number of aliphatic hydroxyl groups is 3. The number of rotatable bonds is 5. The Hall–Kier alpha value is -4.95. The van der Waals surface area contributed by atoms with E-state index in [4.69, 9.17) is 5.73 Å². The highest BCUT2D eigenvalue weighted by atomic mass is 19.1. The van der Waals surface area contributed by atoms with Gasteiger partial charge in [-0.3, -0.25) is 19.3 Å². The van der Waals surface area contributed by atoms with Crippen molar-refractivity contribution in [2.45, 2.75) is 24.5 Å². The van der Waals surface area contributed by atoms with Crippen LogP contribution in [0.2, 0.25) is 0 Å². The first-order valence-corrected chi connectivity index (χ1v) is 13.6. The minimum Gasteiger partial charge on any atom is -0.510 e. The number of nitrogens with one attached hydrogen (secondary N) is 2. The smallest absolute Gasteiger partial charge is 0.323 e. The number of phenols is 1. The summed E-state index contributed by atoms with van der Waals surface area (Å²) < 4.78 is 13.6. The zero-order valence-electron chi connectivity index (χ0n) is 24.3. The molecule has 44 heavy (non-hydrogen) atoms. The normalized spacial score (nSPS) is 24.5. The lowest BCUT2D eigenvalue weighted by Crippen LogP contribution is -2.63. The molecule has 0 bridgehead atoms. The molecule has 0 saturated carbocycles. The molecule has 0 saturated heterocycles. The number of aromatic hydroxyl groups is 1. The first kappa shape index (κ1) is 30.5. The van der Waals surface area contributed by atoms with Crippen LogP contribution in [0.5, 0.6) is 5.75 Å². The molecule has 2 unspecified atom stereocenters. The molecule has 232 valence electrons. The van der Waals surface area contributed by atoms with E-state index < -0.39 is 75.6 Å². The predicted molar refractivity (Wildman–Crippen MR) is 157 cm³/mol. The summed E-state index contributed by atoms with van der Waals surface area (Å²) >= 11 is 0. The molecule has 14 heteroatoms. The van der Waals surface area contributed by atoms with Gasteiger partial charge in [0.25, 0.3) is 5.91 Å². The van der Waals surface area contributed by atoms with Gasteiger partial charge in [0.2, 0.25) is 5.78 Å². The van der Waals surface area contributed by atoms with Gasteiger partial charge in [0, 0.05) is 37.0 Å². The van der Waals surface area contributed by atoms with Gasteiger partial charge in [-0.2, -0.15) is 0 Å². The van der Waals surface area contributed by atoms with Gasteiger partial charge in [-0.1, -0.05) is 6.07 Å². The number of benzene rings is 2. The lowest BCUT2D eigenvalue weighted by atomic mass is 9.58. The quantitative estimate of drug-likeness (QED) is 0.194. The van der Waals surface area contributed by atoms with Gasteiger partial charge in [0.15, 0.2) is 17.1 Å². The van der Waals surface area contributed by atoms with E-state index in [1.165, 1.54) is 29.2 Å². The number of amides is 3. The lowest BCUT2D eigenvalue weighted by Gasteiger charge is -2.50. The number of primary amides is 1. The fourth-order valence-electron chi connectivity index (χ4n) is 6.64. The third-order valence-corrected chi connectivity index (χ3v) is 8.51. The average molecular weight is 610 g/mol. The van der Waals surface area contributed by atoms with E-state index in [1.807, 2.05) is 0 Å². The van der Waals surface area contributed by atoms with Crippen LogP contribution in [0.3, 0.4) is 0 Å². The van der Waals surface area contributed by atoms with Crippen molar-refractivity contribution in [3.05, 3.63) is 69.9 Å². The number of fused-ring (bicyclic) bond motifs is 3. The minimum atomic E-state index is -2.77. The Morgan fingerprint density at radius 1 is 1.07 bits per heavy atom. The third kappa shape index (κ3) is 4.53. The zero-order chi connectivity index (χ0) is 32.4. The zero-order valence-corrected chi connectivity index (χ0v) is 24.3. The van der Waals surface area contributed by atoms with Crippen LogP contribution in [-0.4, -0.2) is 88.7 Å². The first-order valence-electron chi connectivity index (χ1n) is 13.6. The number of likely N-dealkylation sites (N-methyl/N-ethyl adjacent to an activating group) is 1. The van der Waals surface area contributed by atoms with Crippen LogP contribution in [0.4, 0.5) is 26.2 Å². The van der Waals surface area contributed by atoms with E-state index >= 15 is 0 Å². The molecule has 0 aromatic heterocycles. The van der Waals surface area contributed by atoms with Crippen LogP contribution in [0, 0.1) is 17.7 Å². The van der Waals surface area contributed by atoms with Crippen molar-refractivity contribution in [3.63, 3.8) is 0 Å². The van der Waals surface area contributed by atoms with Crippen molar-refractivity contribution in [2.75, 3.05) is 43.7 Å². The van der Waals surface area contributed by atoms with E-state index in [2.05, 4.69) is 10.6 Å². The predicted octanol–water partition coefficient (Wildman–Crippen LogP) is 1.97. The number of hydrogen-bond donors (Lipinski definition) is 7. The van der Waals surface area contributed by atoms with Gasteiger partial charge in [0.1, 0.15) is 22.9 Å². The van der Waals surface area contributed by atoms with Crippen molar-refractivity contribution in [1.29, 1.82) is 0 Å². The summed E-state index contributed by atoms with van der Waals surface area (Å²) in [5, 5.41) is 50.3. The van der Waals surface area contributed by atoms with Gasteiger partial charge in [-0.25, -0.2) is 9.18 Å². The molecule has 5 rings (SSSR count). The summed E-state index contributed by atoms with van der Waals surface area (Å²) in [5.41, 5.74) is 1.91. The van der Waals surface area contributed by atoms with Gasteiger partial charge in [0.05, 0.1) is 17.3 Å². The summed E-state index contributed by atoms with van der Waals surface area (Å²) in [5.74, 6) is -8.32. The number of carbonyl (C=O) groups excluding carboxylic acids is 4. The average Bonchev–Trinajstić information content (AvgIpc) is 2.91. The van der Waals surface area contributed by atoms with Crippen LogP contribution < -0.4 is 21.3 Å². The summed E-state index contributed by atoms with van der Waals surface area (Å²) in [4.78, 5) is 55.6. The number of nitrogens with two attached hydrogens (primary N) is 1. The number of aliphatic hydroxyl groups excluding tert-OH is 2. The molecule has 2 aromatic carbocycles. The molecular weight excluding hydrogens is 577 g/mol. The number of carbonyl (C=O) groups is 4. The van der Waals surface area contributed by atoms with E-state index in [0.29, 0.717) is 11.3 Å². The molecule has 3 aliphatic carbocycles. The monoisotopic (exact) mass is 609 g/mol. The van der Waals surface area contributed by atoms with Crippen molar-refractivity contribution < 1.29 is 44.0 Å². The summed E-state index contributed by atoms with van der Waals surface area (Å²) in [6.45, 7) is 0. The highest BCUT2D eigenvalue weighted by Crippen LogP contribution is 2.53. The van der Waals surface area contributed by atoms with E-state index in [9.17, 15) is 44.0 Å². The molecule has 0 spiro atoms. The molecule has 13 nitrogen and oxygen atoms in total. The van der Waals surface area contributed by atoms with E-state index in [0.717, 1.165) is 6.07 Å². The highest BCUT2D eigenvalue weighted by Gasteiger charge is 2.63. The SMILES string of the molecule is CN(C)c1cc(NC(=O)Nc2cccc(F)c2)c(O)c2c1CC1CC3[C@H](N(C)C)C(O)=C(C(N)=O)C(=O)[C@@]3(O)C(O)=C1C2=O. The topological polar surface area (TPSA) is 206 Å². The third-order valence-electron chi connectivity index (χ3n) is 8.51. The molecule has 0 fully saturated rings. The number of urea groups is 1. The van der Waals surface area contributed by atoms with Gasteiger partial charge < -0.3 is 41.7 Å². The molecule has 0 heterocycles. The minimum absolute atomic E-state index is 0.0601. The van der Waals surface area contributed by atoms with Gasteiger partial charge in [-0.05, 0) is 62.7 Å². The number of anilines is 3. The van der Waals surface area contributed by atoms with Gasteiger partial charge in [-0.15, -0.1) is 0 Å². The Kier molecular flexibility index (Phi) is 7.38. The molecule has 0 aliphatic heterocycles. The maximum atomic E-state index is 14.1. The highest BCUT2D eigenvalue weighted by molar-refractivity contribution is 6.25. The number of phenolic OH excluding ortho intramolecular Hbond substituents is 1. The standard InChI is InChI=1S/C30H32FN5O8/c1-35(2)18-11-17(34-29(43)33-14-7-5-6-13(31)10-14)23(37)20-15(18)8-12-9-16-22(36(3)4)25(39)21(28(32)42)27(41)30(16,44)26(40)19(12)24(20)38/h5-7,10-12,16,22,37,39-40,44H,8-9H2,1-4H3,(H2,32,42)(H2,33,34,43)/t12?,16?,22-,30-/m0/s1. The molecule has 3 aliphatic rings. The Balaban J connectivity index is 1.62. The number of Topliss-reactive ketones (excluding diaryl/α,β-unsaturated/α-hetero) is 2. The second kappa shape index (κ2) is 10.6. The molecular formula is C30H32FN5O8. The summed E-state index contributed by atoms with van der Waals surface area (Å²) in [7, 11) is 6.47. The van der Waals surface area contributed by atoms with E-state index in [-0.39, 0.29) is 35.4 Å². The number of halogens is 1. The van der Waals surface area contributed by atoms with Crippen LogP contribution in [0.1, 0.15) is 22.3 Å². The Bertz CT molecular complexity index is 1700. The number of allylic oxidation sites excluding steroid dienone is 1. The van der Waals surface area contributed by atoms with Gasteiger partial charge >= 0.3 is 6.03 Å². The lowest BCUT2D eigenvalue weighted by molar-refractivity contribution is -0.148. The number of nitrogens with zero attached hydrogens (tertiary/aromatic N) is 2. The fourth-order valence-corrected chi connectivity index (χ4v) is 6.64.